The van der Waals surface area contributed by atoms with Gasteiger partial charge in [-0.15, -0.1) is 15.3 Å². The Morgan fingerprint density at radius 3 is 3.00 bits per heavy atom. The molecule has 0 unspecified atom stereocenters. The molecule has 10 heteroatoms. The summed E-state index contributed by atoms with van der Waals surface area (Å²) in [6, 6.07) is 7.71. The molecule has 0 radical (unpaired) electrons. The van der Waals surface area contributed by atoms with Gasteiger partial charge < -0.3 is 9.64 Å². The van der Waals surface area contributed by atoms with E-state index in [4.69, 9.17) is 4.74 Å². The highest BCUT2D eigenvalue weighted by molar-refractivity contribution is 5.89. The number of anilines is 1. The van der Waals surface area contributed by atoms with Gasteiger partial charge in [0, 0.05) is 12.7 Å². The Labute approximate surface area is 141 Å². The van der Waals surface area contributed by atoms with Crippen molar-refractivity contribution >= 4 is 11.5 Å². The molecule has 0 saturated heterocycles. The summed E-state index contributed by atoms with van der Waals surface area (Å²) in [6.45, 7) is 0.426. The minimum Gasteiger partial charge on any atom is -0.378 e. The minimum absolute atomic E-state index is 0.103. The van der Waals surface area contributed by atoms with Crippen LogP contribution in [-0.2, 0) is 11.3 Å². The first-order valence-corrected chi connectivity index (χ1v) is 7.64. The highest BCUT2D eigenvalue weighted by atomic mass is 19.2. The number of methoxy groups -OCH3 is 1. The van der Waals surface area contributed by atoms with Gasteiger partial charge in [0.1, 0.15) is 12.5 Å². The molecular weight excluding hydrogens is 327 g/mol. The molecule has 0 atom stereocenters. The number of rotatable bonds is 3. The Morgan fingerprint density at radius 1 is 1.24 bits per heavy atom. The average Bonchev–Trinajstić information content (AvgIpc) is 3.32. The fourth-order valence-corrected chi connectivity index (χ4v) is 3.19. The molecule has 2 aliphatic heterocycles. The van der Waals surface area contributed by atoms with Crippen LogP contribution in [-0.4, -0.2) is 48.7 Å². The summed E-state index contributed by atoms with van der Waals surface area (Å²) < 4.78 is 22.5. The van der Waals surface area contributed by atoms with Crippen LogP contribution in [0.3, 0.4) is 0 Å². The number of hydrogen-bond acceptors (Lipinski definition) is 7. The molecule has 0 N–H and O–H groups in total. The zero-order valence-electron chi connectivity index (χ0n) is 13.2. The van der Waals surface area contributed by atoms with E-state index in [1.54, 1.807) is 22.6 Å². The average molecular weight is 340 g/mol. The van der Waals surface area contributed by atoms with Gasteiger partial charge in [-0.1, -0.05) is 21.8 Å². The third-order valence-corrected chi connectivity index (χ3v) is 4.22. The van der Waals surface area contributed by atoms with Crippen LogP contribution in [0.2, 0.25) is 0 Å². The summed E-state index contributed by atoms with van der Waals surface area (Å²) in [5.41, 5.74) is 2.48. The zero-order valence-corrected chi connectivity index (χ0v) is 13.2. The smallest absolute Gasteiger partial charge is 0.259 e. The van der Waals surface area contributed by atoms with E-state index >= 15 is 0 Å². The van der Waals surface area contributed by atoms with E-state index in [2.05, 4.69) is 20.5 Å². The minimum atomic E-state index is 0.103. The number of hydrogen-bond donors (Lipinski definition) is 0. The van der Waals surface area contributed by atoms with Gasteiger partial charge in [0.25, 0.3) is 5.95 Å². The van der Waals surface area contributed by atoms with E-state index in [-0.39, 0.29) is 6.67 Å². The maximum Gasteiger partial charge on any atom is 0.259 e. The van der Waals surface area contributed by atoms with Gasteiger partial charge in [-0.3, -0.25) is 0 Å². The molecule has 126 valence electrons. The molecule has 9 nitrogen and oxygen atoms in total. The highest BCUT2D eigenvalue weighted by Gasteiger charge is 2.36. The summed E-state index contributed by atoms with van der Waals surface area (Å²) in [4.78, 5) is 1.86. The van der Waals surface area contributed by atoms with E-state index in [9.17, 15) is 4.48 Å². The number of benzene rings is 1. The molecule has 1 aromatic carbocycles. The summed E-state index contributed by atoms with van der Waals surface area (Å²) >= 11 is 0. The second-order valence-electron chi connectivity index (χ2n) is 5.70. The van der Waals surface area contributed by atoms with Gasteiger partial charge in [-0.2, -0.15) is 9.80 Å². The number of aromatic nitrogens is 6. The third kappa shape index (κ3) is 1.91. The van der Waals surface area contributed by atoms with Crippen molar-refractivity contribution in [3.63, 3.8) is 0 Å². The van der Waals surface area contributed by atoms with Crippen molar-refractivity contribution in [2.24, 2.45) is 0 Å². The lowest BCUT2D eigenvalue weighted by Gasteiger charge is -2.29. The Balaban J connectivity index is 1.76. The molecule has 2 aliphatic rings. The number of para-hydroxylation sites is 1. The molecule has 3 aromatic rings. The van der Waals surface area contributed by atoms with Gasteiger partial charge in [0.05, 0.1) is 30.4 Å². The molecule has 2 aromatic heterocycles. The molecule has 0 spiro atoms. The van der Waals surface area contributed by atoms with E-state index in [0.717, 1.165) is 16.9 Å². The first kappa shape index (κ1) is 14.1. The van der Waals surface area contributed by atoms with Crippen LogP contribution in [0, 0.1) is 0 Å². The zero-order chi connectivity index (χ0) is 17.0. The number of fused-ring (bicyclic) bond motifs is 6. The van der Waals surface area contributed by atoms with Crippen LogP contribution in [0.25, 0.3) is 23.2 Å². The summed E-state index contributed by atoms with van der Waals surface area (Å²) in [5, 5.41) is 17.2. The van der Waals surface area contributed by atoms with Crippen LogP contribution in [0.5, 0.6) is 0 Å². The molecule has 5 rings (SSSR count). The summed E-state index contributed by atoms with van der Waals surface area (Å²) in [6.07, 6.45) is 3.02. The van der Waals surface area contributed by atoms with Crippen LogP contribution >= 0.6 is 0 Å². The third-order valence-electron chi connectivity index (χ3n) is 4.22. The summed E-state index contributed by atoms with van der Waals surface area (Å²) in [7, 11) is 1.59. The Bertz CT molecular complexity index is 993. The molecule has 0 saturated carbocycles. The molecule has 25 heavy (non-hydrogen) atoms. The van der Waals surface area contributed by atoms with Crippen molar-refractivity contribution in [2.75, 3.05) is 18.7 Å². The maximum atomic E-state index is 14.0. The molecule has 0 fully saturated rings. The second-order valence-corrected chi connectivity index (χ2v) is 5.70. The highest BCUT2D eigenvalue weighted by Crippen LogP contribution is 2.42. The Hall–Kier alpha value is -3.27. The van der Waals surface area contributed by atoms with Crippen LogP contribution < -0.4 is 4.90 Å². The molecular formula is C15H13FN8O. The van der Waals surface area contributed by atoms with Gasteiger partial charge in [-0.05, 0) is 12.1 Å². The monoisotopic (exact) mass is 340 g/mol. The number of halogens is 1. The lowest BCUT2D eigenvalue weighted by Crippen LogP contribution is -2.29. The van der Waals surface area contributed by atoms with Crippen molar-refractivity contribution in [1.82, 2.24) is 34.9 Å². The molecule has 0 amide bonds. The van der Waals surface area contributed by atoms with Crippen molar-refractivity contribution in [2.45, 2.75) is 6.61 Å². The fraction of sp³-hybridized carbons (Fsp3) is 0.200. The SMILES string of the molecule is COCc1cnnn1-c1nnc2n1C1=CN(F)CN1c1ccccc1-2. The van der Waals surface area contributed by atoms with Crippen LogP contribution in [0.4, 0.5) is 10.2 Å². The first-order chi connectivity index (χ1) is 12.3. The lowest BCUT2D eigenvalue weighted by atomic mass is 10.1. The van der Waals surface area contributed by atoms with Crippen molar-refractivity contribution in [3.8, 4) is 17.3 Å². The van der Waals surface area contributed by atoms with Crippen LogP contribution in [0.15, 0.2) is 36.7 Å². The Kier molecular flexibility index (Phi) is 2.88. The van der Waals surface area contributed by atoms with E-state index in [1.165, 1.54) is 6.20 Å². The number of nitrogens with zero attached hydrogens (tertiary/aromatic N) is 8. The maximum absolute atomic E-state index is 14.0. The van der Waals surface area contributed by atoms with E-state index < -0.39 is 0 Å². The normalized spacial score (nSPS) is 15.0. The number of ether oxygens (including phenoxy) is 1. The van der Waals surface area contributed by atoms with E-state index in [0.29, 0.717) is 29.3 Å². The molecule has 0 aliphatic carbocycles. The second kappa shape index (κ2) is 5.11. The largest absolute Gasteiger partial charge is 0.378 e. The molecule has 4 heterocycles. The van der Waals surface area contributed by atoms with Gasteiger partial charge in [0.2, 0.25) is 0 Å². The quantitative estimate of drug-likeness (QED) is 0.667. The topological polar surface area (TPSA) is 77.1 Å². The predicted octanol–water partition coefficient (Wildman–Crippen LogP) is 1.41. The van der Waals surface area contributed by atoms with Gasteiger partial charge >= 0.3 is 0 Å². The van der Waals surface area contributed by atoms with Crippen LogP contribution in [0.1, 0.15) is 5.69 Å². The van der Waals surface area contributed by atoms with Crippen molar-refractivity contribution < 1.29 is 9.22 Å². The standard InChI is InChI=1S/C15H13FN8O/c1-25-8-10-6-17-20-24(10)15-19-18-14-11-4-2-3-5-12(11)22-9-21(16)7-13(22)23(14)15/h2-7H,8-9H2,1H3. The lowest BCUT2D eigenvalue weighted by molar-refractivity contribution is 0.104. The van der Waals surface area contributed by atoms with Crippen molar-refractivity contribution in [1.29, 1.82) is 0 Å². The summed E-state index contributed by atoms with van der Waals surface area (Å²) in [5.74, 6) is 1.68. The predicted molar refractivity (Wildman–Crippen MR) is 85.7 cm³/mol. The van der Waals surface area contributed by atoms with Gasteiger partial charge in [-0.25, -0.2) is 4.57 Å². The fourth-order valence-electron chi connectivity index (χ4n) is 3.19. The van der Waals surface area contributed by atoms with Gasteiger partial charge in [0.15, 0.2) is 5.82 Å². The first-order valence-electron chi connectivity index (χ1n) is 7.64. The van der Waals surface area contributed by atoms with Crippen molar-refractivity contribution in [3.05, 3.63) is 42.4 Å². The molecule has 0 bridgehead atoms. The van der Waals surface area contributed by atoms with E-state index in [1.807, 2.05) is 29.2 Å². The Morgan fingerprint density at radius 2 is 2.12 bits per heavy atom.